The van der Waals surface area contributed by atoms with E-state index >= 15 is 0 Å². The van der Waals surface area contributed by atoms with Gasteiger partial charge in [-0.05, 0) is 55.8 Å². The predicted octanol–water partition coefficient (Wildman–Crippen LogP) is 2.25. The maximum atomic E-state index is 12.9. The molecule has 6 nitrogen and oxygen atoms in total. The van der Waals surface area contributed by atoms with Gasteiger partial charge in [0.2, 0.25) is 22.0 Å². The number of nitrogens with zero attached hydrogens (tertiary/aromatic N) is 2. The normalized spacial score (nSPS) is 12.4. The van der Waals surface area contributed by atoms with Crippen LogP contribution in [0.4, 0.5) is 0 Å². The van der Waals surface area contributed by atoms with Gasteiger partial charge in [-0.25, -0.2) is 8.42 Å². The second kappa shape index (κ2) is 11.0. The molecule has 0 aliphatic heterocycles. The largest absolute Gasteiger partial charge is 0.351 e. The summed E-state index contributed by atoms with van der Waals surface area (Å²) in [6.45, 7) is 7.84. The Bertz CT molecular complexity index is 1180. The Hall–Kier alpha value is -3.57. The molecule has 2 N–H and O–H groups in total. The van der Waals surface area contributed by atoms with Crippen LogP contribution < -0.4 is 16.1 Å². The molecular weight excluding hydrogens is 407 g/mol. The molecule has 2 aromatic rings. The highest BCUT2D eigenvalue weighted by atomic mass is 32.2. The SMILES string of the molecule is Bc1cc(S(=O)(=O)c2ccc(CN/C(=N\C#N)NC(/C=C\C)=C/C=C)cc2)ccc1C. The van der Waals surface area contributed by atoms with Crippen molar-refractivity contribution < 1.29 is 8.42 Å². The molecule has 158 valence electrons. The molecule has 8 heteroatoms. The van der Waals surface area contributed by atoms with Crippen LogP contribution in [0.15, 0.2) is 93.8 Å². The minimum atomic E-state index is -3.59. The van der Waals surface area contributed by atoms with Crippen molar-refractivity contribution in [2.45, 2.75) is 30.2 Å². The molecule has 0 saturated heterocycles. The van der Waals surface area contributed by atoms with Gasteiger partial charge in [0.25, 0.3) is 0 Å². The smallest absolute Gasteiger partial charge is 0.212 e. The lowest BCUT2D eigenvalue weighted by atomic mass is 9.92. The Morgan fingerprint density at radius 1 is 1.23 bits per heavy atom. The van der Waals surface area contributed by atoms with Crippen LogP contribution in [0, 0.1) is 18.4 Å². The lowest BCUT2D eigenvalue weighted by Crippen LogP contribution is -2.35. The Kier molecular flexibility index (Phi) is 8.41. The van der Waals surface area contributed by atoms with Crippen LogP contribution in [0.5, 0.6) is 0 Å². The van der Waals surface area contributed by atoms with Gasteiger partial charge in [0.15, 0.2) is 0 Å². The van der Waals surface area contributed by atoms with Crippen molar-refractivity contribution in [3.63, 3.8) is 0 Å². The third kappa shape index (κ3) is 6.46. The fraction of sp³-hybridized carbons (Fsp3) is 0.130. The first kappa shape index (κ1) is 23.7. The lowest BCUT2D eigenvalue weighted by molar-refractivity contribution is 0.596. The number of rotatable bonds is 7. The molecule has 0 aliphatic rings. The molecule has 0 aromatic heterocycles. The zero-order chi connectivity index (χ0) is 22.9. The molecule has 0 spiro atoms. The van der Waals surface area contributed by atoms with Crippen molar-refractivity contribution in [3.05, 3.63) is 90.2 Å². The highest BCUT2D eigenvalue weighted by Crippen LogP contribution is 2.20. The quantitative estimate of drug-likeness (QED) is 0.230. The Morgan fingerprint density at radius 3 is 2.48 bits per heavy atom. The fourth-order valence-electron chi connectivity index (χ4n) is 2.73. The van der Waals surface area contributed by atoms with E-state index in [0.717, 1.165) is 16.6 Å². The second-order valence-corrected chi connectivity index (χ2v) is 8.74. The fourth-order valence-corrected chi connectivity index (χ4v) is 4.08. The third-order valence-electron chi connectivity index (χ3n) is 4.55. The van der Waals surface area contributed by atoms with Crippen LogP contribution in [0.2, 0.25) is 0 Å². The summed E-state index contributed by atoms with van der Waals surface area (Å²) in [5.41, 5.74) is 3.53. The van der Waals surface area contributed by atoms with E-state index in [1.807, 2.05) is 39.9 Å². The summed E-state index contributed by atoms with van der Waals surface area (Å²) in [5, 5.41) is 15.0. The van der Waals surface area contributed by atoms with Gasteiger partial charge in [-0.15, -0.1) is 4.99 Å². The Labute approximate surface area is 185 Å². The summed E-state index contributed by atoms with van der Waals surface area (Å²) < 4.78 is 25.8. The zero-order valence-electron chi connectivity index (χ0n) is 17.9. The molecule has 2 aromatic carbocycles. The number of nitrogens with one attached hydrogen (secondary N) is 2. The van der Waals surface area contributed by atoms with E-state index in [-0.39, 0.29) is 15.8 Å². The maximum Gasteiger partial charge on any atom is 0.212 e. The topological polar surface area (TPSA) is 94.3 Å². The van der Waals surface area contributed by atoms with Gasteiger partial charge >= 0.3 is 0 Å². The Morgan fingerprint density at radius 2 is 1.90 bits per heavy atom. The van der Waals surface area contributed by atoms with Crippen LogP contribution in [-0.2, 0) is 16.4 Å². The summed E-state index contributed by atoms with van der Waals surface area (Å²) in [6.07, 6.45) is 8.80. The number of guanidine groups is 1. The van der Waals surface area contributed by atoms with E-state index in [1.54, 1.807) is 54.7 Å². The van der Waals surface area contributed by atoms with Gasteiger partial charge in [-0.1, -0.05) is 48.0 Å². The lowest BCUT2D eigenvalue weighted by Gasteiger charge is -2.12. The van der Waals surface area contributed by atoms with E-state index in [4.69, 9.17) is 5.26 Å². The van der Waals surface area contributed by atoms with Crippen molar-refractivity contribution in [3.8, 4) is 6.19 Å². The number of aryl methyl sites for hydroxylation is 1. The van der Waals surface area contributed by atoms with Crippen LogP contribution in [0.1, 0.15) is 18.1 Å². The molecule has 0 aliphatic carbocycles. The van der Waals surface area contributed by atoms with Crippen molar-refractivity contribution in [2.75, 3.05) is 0 Å². The van der Waals surface area contributed by atoms with Crippen molar-refractivity contribution >= 4 is 29.1 Å². The van der Waals surface area contributed by atoms with E-state index in [0.29, 0.717) is 12.2 Å². The minimum absolute atomic E-state index is 0.229. The van der Waals surface area contributed by atoms with E-state index in [2.05, 4.69) is 22.2 Å². The van der Waals surface area contributed by atoms with Gasteiger partial charge in [0, 0.05) is 12.2 Å². The molecule has 31 heavy (non-hydrogen) atoms. The second-order valence-electron chi connectivity index (χ2n) is 6.79. The highest BCUT2D eigenvalue weighted by Gasteiger charge is 2.18. The first-order chi connectivity index (χ1) is 14.8. The third-order valence-corrected chi connectivity index (χ3v) is 6.32. The highest BCUT2D eigenvalue weighted by molar-refractivity contribution is 7.91. The summed E-state index contributed by atoms with van der Waals surface area (Å²) in [5.74, 6) is 0.278. The predicted molar refractivity (Wildman–Crippen MR) is 127 cm³/mol. The number of hydrogen-bond donors (Lipinski definition) is 2. The summed E-state index contributed by atoms with van der Waals surface area (Å²) in [7, 11) is -1.70. The summed E-state index contributed by atoms with van der Waals surface area (Å²) in [4.78, 5) is 4.26. The van der Waals surface area contributed by atoms with E-state index in [9.17, 15) is 8.42 Å². The summed E-state index contributed by atoms with van der Waals surface area (Å²) >= 11 is 0. The molecule has 0 bridgehead atoms. The summed E-state index contributed by atoms with van der Waals surface area (Å²) in [6, 6.07) is 11.8. The molecular formula is C23H25BN4O2S. The molecule has 0 saturated carbocycles. The van der Waals surface area contributed by atoms with Crippen molar-refractivity contribution in [2.24, 2.45) is 4.99 Å². The van der Waals surface area contributed by atoms with Gasteiger partial charge in [0.05, 0.1) is 9.79 Å². The number of sulfone groups is 1. The standard InChI is InChI=1S/C23H25BN4O2S/c1-4-6-19(7-5-2)28-23(27-16-25)26-15-18-9-12-20(13-10-18)31(29,30)21-11-8-17(3)22(24)14-21/h4-14H,1,15,24H2,2-3H3,(H2,26,27,28)/b7-5-,19-6+. The monoisotopic (exact) mass is 432 g/mol. The molecule has 0 heterocycles. The van der Waals surface area contributed by atoms with E-state index < -0.39 is 9.84 Å². The Balaban J connectivity index is 2.15. The number of aliphatic imine (C=N–C) groups is 1. The van der Waals surface area contributed by atoms with Crippen molar-refractivity contribution in [1.82, 2.24) is 10.6 Å². The first-order valence-corrected chi connectivity index (χ1v) is 11.1. The molecule has 0 atom stereocenters. The van der Waals surface area contributed by atoms with Gasteiger partial charge in [0.1, 0.15) is 7.85 Å². The molecule has 0 amide bonds. The molecule has 0 radical (unpaired) electrons. The van der Waals surface area contributed by atoms with Gasteiger partial charge in [-0.2, -0.15) is 5.26 Å². The van der Waals surface area contributed by atoms with Gasteiger partial charge in [-0.3, -0.25) is 0 Å². The number of nitriles is 1. The van der Waals surface area contributed by atoms with Crippen LogP contribution in [-0.4, -0.2) is 22.2 Å². The number of allylic oxidation sites excluding steroid dienone is 4. The minimum Gasteiger partial charge on any atom is -0.351 e. The van der Waals surface area contributed by atoms with Crippen molar-refractivity contribution in [1.29, 1.82) is 5.26 Å². The zero-order valence-corrected chi connectivity index (χ0v) is 18.7. The number of benzene rings is 2. The van der Waals surface area contributed by atoms with Gasteiger partial charge < -0.3 is 10.6 Å². The molecule has 2 rings (SSSR count). The first-order valence-electron chi connectivity index (χ1n) is 9.66. The van der Waals surface area contributed by atoms with Crippen LogP contribution in [0.3, 0.4) is 0 Å². The maximum absolute atomic E-state index is 12.9. The van der Waals surface area contributed by atoms with Crippen LogP contribution >= 0.6 is 0 Å². The average Bonchev–Trinajstić information content (AvgIpc) is 2.74. The number of hydrogen-bond acceptors (Lipinski definition) is 4. The molecule has 0 fully saturated rings. The average molecular weight is 432 g/mol. The van der Waals surface area contributed by atoms with E-state index in [1.165, 1.54) is 0 Å². The molecule has 0 unspecified atom stereocenters. The van der Waals surface area contributed by atoms with Crippen LogP contribution in [0.25, 0.3) is 0 Å².